The summed E-state index contributed by atoms with van der Waals surface area (Å²) >= 11 is 0. The number of hydrogen-bond acceptors (Lipinski definition) is 5. The highest BCUT2D eigenvalue weighted by Gasteiger charge is 2.16. The Morgan fingerprint density at radius 3 is 2.41 bits per heavy atom. The van der Waals surface area contributed by atoms with E-state index in [0.717, 1.165) is 5.56 Å². The lowest BCUT2D eigenvalue weighted by Gasteiger charge is -2.10. The molecule has 0 aliphatic carbocycles. The summed E-state index contributed by atoms with van der Waals surface area (Å²) in [5.74, 6) is 0.179. The number of nitrogens with one attached hydrogen (secondary N) is 1. The average molecular weight is 391 g/mol. The van der Waals surface area contributed by atoms with Gasteiger partial charge in [0.15, 0.2) is 9.84 Å². The minimum Gasteiger partial charge on any atom is -0.508 e. The monoisotopic (exact) mass is 391 g/mol. The van der Waals surface area contributed by atoms with Crippen LogP contribution in [0.4, 0.5) is 0 Å². The van der Waals surface area contributed by atoms with E-state index >= 15 is 0 Å². The zero-order valence-corrected chi connectivity index (χ0v) is 16.3. The zero-order valence-electron chi connectivity index (χ0n) is 15.5. The lowest BCUT2D eigenvalue weighted by atomic mass is 10.1. The highest BCUT2D eigenvalue weighted by atomic mass is 32.2. The Hall–Kier alpha value is -2.54. The predicted molar refractivity (Wildman–Crippen MR) is 104 cm³/mol. The molecule has 0 fully saturated rings. The summed E-state index contributed by atoms with van der Waals surface area (Å²) in [6, 6.07) is 13.1. The van der Waals surface area contributed by atoms with E-state index in [1.807, 2.05) is 13.8 Å². The molecule has 146 valence electrons. The molecule has 0 aromatic heterocycles. The Balaban J connectivity index is 1.81. The second kappa shape index (κ2) is 9.41. The molecule has 0 aliphatic rings. The number of ether oxygens (including phenoxy) is 1. The lowest BCUT2D eigenvalue weighted by molar-refractivity contribution is -0.120. The number of carbonyl (C=O) groups excluding carboxylic acids is 1. The van der Waals surface area contributed by atoms with Crippen molar-refractivity contribution >= 4 is 15.7 Å². The summed E-state index contributed by atoms with van der Waals surface area (Å²) in [6.45, 7) is 4.11. The van der Waals surface area contributed by atoms with Crippen LogP contribution in [-0.2, 0) is 21.1 Å². The molecular formula is C20H25NO5S. The number of phenols is 1. The number of phenolic OH excluding ortho intramolecular Hbond substituents is 1. The zero-order chi connectivity index (χ0) is 19.9. The van der Waals surface area contributed by atoms with E-state index in [9.17, 15) is 18.3 Å². The molecule has 1 amide bonds. The number of rotatable bonds is 9. The fourth-order valence-electron chi connectivity index (χ4n) is 2.49. The van der Waals surface area contributed by atoms with Crippen LogP contribution in [0, 0.1) is 0 Å². The molecule has 27 heavy (non-hydrogen) atoms. The largest absolute Gasteiger partial charge is 0.508 e. The summed E-state index contributed by atoms with van der Waals surface area (Å²) in [6.07, 6.45) is 0.365. The molecular weight excluding hydrogens is 366 g/mol. The first-order chi connectivity index (χ1) is 12.8. The average Bonchev–Trinajstić information content (AvgIpc) is 2.62. The normalized spacial score (nSPS) is 11.4. The molecule has 2 N–H and O–H groups in total. The van der Waals surface area contributed by atoms with Gasteiger partial charge in [0.25, 0.3) is 0 Å². The SMILES string of the molecule is CC(C)Oc1ccc(S(=O)(=O)CCC(=O)NCCc2ccccc2O)cc1. The van der Waals surface area contributed by atoms with Crippen molar-refractivity contribution in [3.8, 4) is 11.5 Å². The Kier molecular flexibility index (Phi) is 7.24. The highest BCUT2D eigenvalue weighted by molar-refractivity contribution is 7.91. The Bertz CT molecular complexity index is 860. The molecule has 6 nitrogen and oxygen atoms in total. The fraction of sp³-hybridized carbons (Fsp3) is 0.350. The van der Waals surface area contributed by atoms with E-state index < -0.39 is 9.84 Å². The van der Waals surface area contributed by atoms with Crippen molar-refractivity contribution in [3.63, 3.8) is 0 Å². The van der Waals surface area contributed by atoms with Gasteiger partial charge in [0.1, 0.15) is 11.5 Å². The molecule has 0 atom stereocenters. The fourth-order valence-corrected chi connectivity index (χ4v) is 3.73. The van der Waals surface area contributed by atoms with Gasteiger partial charge < -0.3 is 15.2 Å². The van der Waals surface area contributed by atoms with Gasteiger partial charge in [-0.15, -0.1) is 0 Å². The molecule has 2 aromatic rings. The number of aromatic hydroxyl groups is 1. The van der Waals surface area contributed by atoms with Gasteiger partial charge >= 0.3 is 0 Å². The topological polar surface area (TPSA) is 92.7 Å². The summed E-state index contributed by atoms with van der Waals surface area (Å²) in [7, 11) is -3.54. The summed E-state index contributed by atoms with van der Waals surface area (Å²) < 4.78 is 30.2. The lowest BCUT2D eigenvalue weighted by Crippen LogP contribution is -2.27. The smallest absolute Gasteiger partial charge is 0.221 e. The third kappa shape index (κ3) is 6.60. The molecule has 0 saturated carbocycles. The minimum atomic E-state index is -3.54. The Labute approximate surface area is 160 Å². The first kappa shape index (κ1) is 20.8. The molecule has 2 aromatic carbocycles. The van der Waals surface area contributed by atoms with Crippen molar-refractivity contribution in [1.82, 2.24) is 5.32 Å². The van der Waals surface area contributed by atoms with E-state index in [0.29, 0.717) is 18.7 Å². The van der Waals surface area contributed by atoms with Gasteiger partial charge in [-0.2, -0.15) is 0 Å². The van der Waals surface area contributed by atoms with E-state index in [1.165, 1.54) is 12.1 Å². The van der Waals surface area contributed by atoms with Crippen LogP contribution < -0.4 is 10.1 Å². The van der Waals surface area contributed by atoms with Crippen LogP contribution in [0.3, 0.4) is 0 Å². The number of hydrogen-bond donors (Lipinski definition) is 2. The van der Waals surface area contributed by atoms with Crippen LogP contribution >= 0.6 is 0 Å². The van der Waals surface area contributed by atoms with Gasteiger partial charge in [-0.1, -0.05) is 18.2 Å². The third-order valence-corrected chi connectivity index (χ3v) is 5.59. The molecule has 2 rings (SSSR count). The summed E-state index contributed by atoms with van der Waals surface area (Å²) in [5.41, 5.74) is 0.731. The molecule has 0 heterocycles. The molecule has 0 unspecified atom stereocenters. The first-order valence-electron chi connectivity index (χ1n) is 8.81. The molecule has 0 saturated heterocycles. The van der Waals surface area contributed by atoms with Gasteiger partial charge in [-0.3, -0.25) is 4.79 Å². The van der Waals surface area contributed by atoms with Crippen molar-refractivity contribution < 1.29 is 23.1 Å². The second-order valence-electron chi connectivity index (χ2n) is 6.44. The number of carbonyl (C=O) groups is 1. The molecule has 0 bridgehead atoms. The van der Waals surface area contributed by atoms with Gasteiger partial charge in [0.2, 0.25) is 5.91 Å². The van der Waals surface area contributed by atoms with Crippen molar-refractivity contribution in [1.29, 1.82) is 0 Å². The summed E-state index contributed by atoms with van der Waals surface area (Å²) in [4.78, 5) is 12.1. The van der Waals surface area contributed by atoms with Crippen LogP contribution in [0.5, 0.6) is 11.5 Å². The molecule has 0 aliphatic heterocycles. The van der Waals surface area contributed by atoms with Crippen molar-refractivity contribution in [2.24, 2.45) is 0 Å². The van der Waals surface area contributed by atoms with Crippen molar-refractivity contribution in [3.05, 3.63) is 54.1 Å². The second-order valence-corrected chi connectivity index (χ2v) is 8.54. The Morgan fingerprint density at radius 2 is 1.78 bits per heavy atom. The van der Waals surface area contributed by atoms with Gasteiger partial charge in [0.05, 0.1) is 16.8 Å². The molecule has 7 heteroatoms. The van der Waals surface area contributed by atoms with Crippen LogP contribution in [0.15, 0.2) is 53.4 Å². The first-order valence-corrected chi connectivity index (χ1v) is 10.5. The number of para-hydroxylation sites is 1. The van der Waals surface area contributed by atoms with E-state index in [-0.39, 0.29) is 34.8 Å². The molecule has 0 radical (unpaired) electrons. The quantitative estimate of drug-likeness (QED) is 0.686. The Morgan fingerprint density at radius 1 is 1.11 bits per heavy atom. The van der Waals surface area contributed by atoms with Crippen LogP contribution in [0.2, 0.25) is 0 Å². The maximum absolute atomic E-state index is 12.4. The predicted octanol–water partition coefficient (Wildman–Crippen LogP) is 2.70. The van der Waals surface area contributed by atoms with E-state index in [4.69, 9.17) is 4.74 Å². The third-order valence-electron chi connectivity index (χ3n) is 3.86. The van der Waals surface area contributed by atoms with E-state index in [1.54, 1.807) is 36.4 Å². The molecule has 0 spiro atoms. The van der Waals surface area contributed by atoms with Crippen molar-refractivity contribution in [2.45, 2.75) is 37.7 Å². The number of benzene rings is 2. The number of sulfone groups is 1. The number of amides is 1. The maximum Gasteiger partial charge on any atom is 0.221 e. The van der Waals surface area contributed by atoms with Gasteiger partial charge in [-0.05, 0) is 56.2 Å². The van der Waals surface area contributed by atoms with Crippen molar-refractivity contribution in [2.75, 3.05) is 12.3 Å². The maximum atomic E-state index is 12.4. The van der Waals surface area contributed by atoms with Crippen LogP contribution in [0.1, 0.15) is 25.8 Å². The van der Waals surface area contributed by atoms with E-state index in [2.05, 4.69) is 5.32 Å². The van der Waals surface area contributed by atoms with Crippen LogP contribution in [0.25, 0.3) is 0 Å². The van der Waals surface area contributed by atoms with Gasteiger partial charge in [-0.25, -0.2) is 8.42 Å². The van der Waals surface area contributed by atoms with Crippen LogP contribution in [-0.4, -0.2) is 37.8 Å². The van der Waals surface area contributed by atoms with Gasteiger partial charge in [0, 0.05) is 13.0 Å². The summed E-state index contributed by atoms with van der Waals surface area (Å²) in [5, 5.41) is 12.4. The standard InChI is InChI=1S/C20H25NO5S/c1-15(2)26-17-7-9-18(10-8-17)27(24,25)14-12-20(23)21-13-11-16-5-3-4-6-19(16)22/h3-10,15,22H,11-14H2,1-2H3,(H,21,23). The highest BCUT2D eigenvalue weighted by Crippen LogP contribution is 2.19. The minimum absolute atomic E-state index is 0.00829.